The number of hydrogen-bond acceptors (Lipinski definition) is 0. The molecule has 1 aromatic carbocycles. The van der Waals surface area contributed by atoms with Crippen LogP contribution in [0.1, 0.15) is 77.3 Å². The van der Waals surface area contributed by atoms with Crippen LogP contribution in [0.4, 0.5) is 0 Å². The van der Waals surface area contributed by atoms with Crippen LogP contribution in [-0.4, -0.2) is 0 Å². The van der Waals surface area contributed by atoms with Gasteiger partial charge in [-0.15, -0.1) is 6.58 Å². The van der Waals surface area contributed by atoms with Crippen molar-refractivity contribution in [3.05, 3.63) is 64.8 Å². The number of benzene rings is 1. The van der Waals surface area contributed by atoms with Crippen molar-refractivity contribution in [3.63, 3.8) is 0 Å². The molecule has 0 aliphatic carbocycles. The summed E-state index contributed by atoms with van der Waals surface area (Å²) in [6.07, 6.45) is 9.00. The van der Waals surface area contributed by atoms with Crippen LogP contribution in [0.5, 0.6) is 0 Å². The summed E-state index contributed by atoms with van der Waals surface area (Å²) >= 11 is 0. The molecule has 0 fully saturated rings. The lowest BCUT2D eigenvalue weighted by molar-refractivity contribution is 0.804. The van der Waals surface area contributed by atoms with Crippen molar-refractivity contribution < 1.29 is 0 Å². The Balaban J connectivity index is 3.51. The van der Waals surface area contributed by atoms with Gasteiger partial charge in [-0.25, -0.2) is 0 Å². The maximum atomic E-state index is 3.87. The molecule has 0 aromatic heterocycles. The highest BCUT2D eigenvalue weighted by Crippen LogP contribution is 2.35. The average molecular weight is 311 g/mol. The number of hydrogen-bond donors (Lipinski definition) is 0. The molecule has 0 heterocycles. The highest BCUT2D eigenvalue weighted by molar-refractivity contribution is 5.83. The molecule has 0 bridgehead atoms. The summed E-state index contributed by atoms with van der Waals surface area (Å²) in [6, 6.07) is 8.83. The molecule has 23 heavy (non-hydrogen) atoms. The van der Waals surface area contributed by atoms with Gasteiger partial charge in [-0.1, -0.05) is 68.2 Å². The smallest absolute Gasteiger partial charge is 0.0153 e. The second kappa shape index (κ2) is 10.3. The minimum absolute atomic E-state index is 1.06. The number of aryl methyl sites for hydroxylation is 1. The van der Waals surface area contributed by atoms with Gasteiger partial charge in [0.2, 0.25) is 0 Å². The first-order valence-electron chi connectivity index (χ1n) is 9.12. The molecule has 1 aromatic rings. The van der Waals surface area contributed by atoms with Gasteiger partial charge in [0.15, 0.2) is 0 Å². The van der Waals surface area contributed by atoms with Gasteiger partial charge in [-0.3, -0.25) is 0 Å². The molecule has 126 valence electrons. The van der Waals surface area contributed by atoms with E-state index >= 15 is 0 Å². The highest BCUT2D eigenvalue weighted by Gasteiger charge is 2.14. The molecule has 0 radical (unpaired) electrons. The van der Waals surface area contributed by atoms with Crippen LogP contribution >= 0.6 is 0 Å². The SMILES string of the molecule is C=CCC/C(C)=C(\C)C(=C(CCC)CCC)c1ccccc1C. The van der Waals surface area contributed by atoms with E-state index in [0.29, 0.717) is 0 Å². The molecule has 0 unspecified atom stereocenters. The van der Waals surface area contributed by atoms with Crippen molar-refractivity contribution in [2.45, 2.75) is 73.1 Å². The average Bonchev–Trinajstić information content (AvgIpc) is 2.54. The Morgan fingerprint density at radius 1 is 1.00 bits per heavy atom. The third-order valence-corrected chi connectivity index (χ3v) is 4.61. The molecule has 0 nitrogen and oxygen atoms in total. The Kier molecular flexibility index (Phi) is 8.69. The lowest BCUT2D eigenvalue weighted by Gasteiger charge is -2.20. The topological polar surface area (TPSA) is 0 Å². The maximum Gasteiger partial charge on any atom is -0.0153 e. The van der Waals surface area contributed by atoms with E-state index in [-0.39, 0.29) is 0 Å². The molecule has 0 heteroatoms. The van der Waals surface area contributed by atoms with Gasteiger partial charge in [0.05, 0.1) is 0 Å². The van der Waals surface area contributed by atoms with Gasteiger partial charge in [-0.2, -0.15) is 0 Å². The molecular formula is C23H34. The number of allylic oxidation sites excluding steroid dienone is 5. The first-order chi connectivity index (χ1) is 11.1. The van der Waals surface area contributed by atoms with Gasteiger partial charge in [0.25, 0.3) is 0 Å². The Morgan fingerprint density at radius 3 is 2.13 bits per heavy atom. The minimum Gasteiger partial charge on any atom is -0.103 e. The molecule has 1 rings (SSSR count). The predicted molar refractivity (Wildman–Crippen MR) is 106 cm³/mol. The van der Waals surface area contributed by atoms with E-state index in [1.807, 2.05) is 6.08 Å². The summed E-state index contributed by atoms with van der Waals surface area (Å²) in [7, 11) is 0. The predicted octanol–water partition coefficient (Wildman–Crippen LogP) is 7.65. The van der Waals surface area contributed by atoms with E-state index in [1.165, 1.54) is 53.5 Å². The molecule has 0 aliphatic heterocycles. The fraction of sp³-hybridized carbons (Fsp3) is 0.478. The minimum atomic E-state index is 1.06. The van der Waals surface area contributed by atoms with Crippen molar-refractivity contribution in [3.8, 4) is 0 Å². The summed E-state index contributed by atoms with van der Waals surface area (Å²) in [5.74, 6) is 0. The zero-order valence-electron chi connectivity index (χ0n) is 15.8. The normalized spacial score (nSPS) is 11.9. The van der Waals surface area contributed by atoms with Crippen LogP contribution in [0.3, 0.4) is 0 Å². The Morgan fingerprint density at radius 2 is 1.61 bits per heavy atom. The van der Waals surface area contributed by atoms with Gasteiger partial charge < -0.3 is 0 Å². The molecule has 0 atom stereocenters. The van der Waals surface area contributed by atoms with Crippen LogP contribution in [0, 0.1) is 6.92 Å². The van der Waals surface area contributed by atoms with Gasteiger partial charge in [-0.05, 0) is 68.7 Å². The first-order valence-corrected chi connectivity index (χ1v) is 9.12. The monoisotopic (exact) mass is 310 g/mol. The summed E-state index contributed by atoms with van der Waals surface area (Å²) in [5, 5.41) is 0. The molecule has 0 N–H and O–H groups in total. The Hall–Kier alpha value is -1.56. The van der Waals surface area contributed by atoms with E-state index in [0.717, 1.165) is 12.8 Å². The second-order valence-electron chi connectivity index (χ2n) is 6.53. The van der Waals surface area contributed by atoms with E-state index in [2.05, 4.69) is 65.5 Å². The van der Waals surface area contributed by atoms with Crippen molar-refractivity contribution >= 4 is 5.57 Å². The van der Waals surface area contributed by atoms with E-state index in [9.17, 15) is 0 Å². The molecule has 0 spiro atoms. The summed E-state index contributed by atoms with van der Waals surface area (Å²) in [4.78, 5) is 0. The Labute approximate surface area is 144 Å². The molecule has 0 amide bonds. The van der Waals surface area contributed by atoms with Gasteiger partial charge in [0, 0.05) is 0 Å². The first kappa shape index (κ1) is 19.5. The fourth-order valence-corrected chi connectivity index (χ4v) is 3.21. The van der Waals surface area contributed by atoms with Gasteiger partial charge in [0.1, 0.15) is 0 Å². The second-order valence-corrected chi connectivity index (χ2v) is 6.53. The zero-order chi connectivity index (χ0) is 17.2. The maximum absolute atomic E-state index is 3.87. The molecule has 0 saturated carbocycles. The van der Waals surface area contributed by atoms with E-state index in [1.54, 1.807) is 5.57 Å². The number of rotatable bonds is 9. The summed E-state index contributed by atoms with van der Waals surface area (Å²) < 4.78 is 0. The highest BCUT2D eigenvalue weighted by atomic mass is 14.2. The molecule has 0 saturated heterocycles. The van der Waals surface area contributed by atoms with Crippen LogP contribution in [0.25, 0.3) is 5.57 Å². The quantitative estimate of drug-likeness (QED) is 0.324. The van der Waals surface area contributed by atoms with Crippen molar-refractivity contribution in [2.75, 3.05) is 0 Å². The molecule has 0 aliphatic rings. The summed E-state index contributed by atoms with van der Waals surface area (Å²) in [6.45, 7) is 15.3. The van der Waals surface area contributed by atoms with Crippen molar-refractivity contribution in [2.24, 2.45) is 0 Å². The molecular weight excluding hydrogens is 276 g/mol. The fourth-order valence-electron chi connectivity index (χ4n) is 3.21. The third-order valence-electron chi connectivity index (χ3n) is 4.61. The van der Waals surface area contributed by atoms with Gasteiger partial charge >= 0.3 is 0 Å². The Bertz CT molecular complexity index is 561. The van der Waals surface area contributed by atoms with Crippen molar-refractivity contribution in [1.29, 1.82) is 0 Å². The lowest BCUT2D eigenvalue weighted by Crippen LogP contribution is -1.99. The van der Waals surface area contributed by atoms with Crippen molar-refractivity contribution in [1.82, 2.24) is 0 Å². The van der Waals surface area contributed by atoms with E-state index < -0.39 is 0 Å². The third kappa shape index (κ3) is 5.53. The van der Waals surface area contributed by atoms with Crippen LogP contribution < -0.4 is 0 Å². The largest absolute Gasteiger partial charge is 0.103 e. The van der Waals surface area contributed by atoms with Crippen LogP contribution in [-0.2, 0) is 0 Å². The summed E-state index contributed by atoms with van der Waals surface area (Å²) in [5.41, 5.74) is 8.89. The zero-order valence-corrected chi connectivity index (χ0v) is 15.8. The standard InChI is InChI=1S/C23H34/c1-7-10-15-18(4)20(6)23(21(13-8-2)14-9-3)22-17-12-11-16-19(22)5/h7,11-12,16-17H,1,8-10,13-15H2,2-6H3/b20-18+. The van der Waals surface area contributed by atoms with Crippen LogP contribution in [0.2, 0.25) is 0 Å². The van der Waals surface area contributed by atoms with E-state index in [4.69, 9.17) is 0 Å². The van der Waals surface area contributed by atoms with Crippen LogP contribution in [0.15, 0.2) is 53.6 Å². The lowest BCUT2D eigenvalue weighted by atomic mass is 9.85.